The molecule has 4 atom stereocenters. The standard InChI is InChI=1S/C27H31FN4O4S/c1-16-11-18(32-37(2)19-5-8-33-9-6-19)13-21-25(16)27(30-15-29-21)31-20-4-3-17(28)12-23(20)36-24-14-35-22-7-10-34-26(22)24/h3-4,11-13,15,19,22,24,26H,5-10,14H2,1-2H3,(H,29,30,31)/t22?,24-,26?,37?/m1/s1. The Kier molecular flexibility index (Phi) is 7.07. The number of anilines is 2. The molecular weight excluding hydrogens is 495 g/mol. The van der Waals surface area contributed by atoms with E-state index in [2.05, 4.69) is 27.6 Å². The Bertz CT molecular complexity index is 1330. The molecule has 0 bridgehead atoms. The normalized spacial score (nSPS) is 24.9. The molecule has 3 saturated heterocycles. The first-order chi connectivity index (χ1) is 18.0. The summed E-state index contributed by atoms with van der Waals surface area (Å²) in [5.74, 6) is 0.646. The molecule has 1 N–H and O–H groups in total. The van der Waals surface area contributed by atoms with E-state index in [0.717, 1.165) is 54.6 Å². The Morgan fingerprint density at radius 3 is 2.81 bits per heavy atom. The van der Waals surface area contributed by atoms with Gasteiger partial charge in [-0.15, -0.1) is 0 Å². The highest BCUT2D eigenvalue weighted by Crippen LogP contribution is 2.36. The zero-order chi connectivity index (χ0) is 25.4. The van der Waals surface area contributed by atoms with Gasteiger partial charge in [-0.1, -0.05) is 10.7 Å². The summed E-state index contributed by atoms with van der Waals surface area (Å²) in [6.07, 6.45) is 6.30. The van der Waals surface area contributed by atoms with Gasteiger partial charge < -0.3 is 24.3 Å². The van der Waals surface area contributed by atoms with Crippen molar-refractivity contribution in [3.05, 3.63) is 48.0 Å². The van der Waals surface area contributed by atoms with Gasteiger partial charge in [-0.05, 0) is 62.3 Å². The highest BCUT2D eigenvalue weighted by molar-refractivity contribution is 7.87. The molecule has 3 unspecified atom stereocenters. The highest BCUT2D eigenvalue weighted by atomic mass is 32.2. The first kappa shape index (κ1) is 24.7. The minimum atomic E-state index is -0.377. The van der Waals surface area contributed by atoms with Crippen LogP contribution in [0.15, 0.2) is 41.0 Å². The van der Waals surface area contributed by atoms with Gasteiger partial charge in [-0.25, -0.2) is 18.7 Å². The van der Waals surface area contributed by atoms with E-state index in [1.165, 1.54) is 18.5 Å². The summed E-state index contributed by atoms with van der Waals surface area (Å²) in [5.41, 5.74) is 3.35. The Hall–Kier alpha value is -2.66. The summed E-state index contributed by atoms with van der Waals surface area (Å²) in [6.45, 7) is 4.73. The smallest absolute Gasteiger partial charge is 0.151 e. The van der Waals surface area contributed by atoms with Gasteiger partial charge in [0.1, 0.15) is 29.8 Å². The van der Waals surface area contributed by atoms with Crippen LogP contribution in [0.25, 0.3) is 10.9 Å². The van der Waals surface area contributed by atoms with Crippen LogP contribution in [0.2, 0.25) is 0 Å². The predicted molar refractivity (Wildman–Crippen MR) is 142 cm³/mol. The topological polar surface area (TPSA) is 87.1 Å². The summed E-state index contributed by atoms with van der Waals surface area (Å²) >= 11 is 0. The van der Waals surface area contributed by atoms with Crippen LogP contribution in [0, 0.1) is 12.7 Å². The van der Waals surface area contributed by atoms with Crippen molar-refractivity contribution in [1.29, 1.82) is 0 Å². The number of nitrogens with one attached hydrogen (secondary N) is 1. The minimum absolute atomic E-state index is 0.0396. The highest BCUT2D eigenvalue weighted by Gasteiger charge is 2.43. The van der Waals surface area contributed by atoms with E-state index in [9.17, 15) is 4.39 Å². The largest absolute Gasteiger partial charge is 0.483 e. The third-order valence-electron chi connectivity index (χ3n) is 7.22. The van der Waals surface area contributed by atoms with Crippen LogP contribution in [0.5, 0.6) is 5.75 Å². The van der Waals surface area contributed by atoms with Gasteiger partial charge in [0.15, 0.2) is 6.10 Å². The van der Waals surface area contributed by atoms with Crippen LogP contribution in [0.1, 0.15) is 24.8 Å². The molecule has 0 saturated carbocycles. The number of fused-ring (bicyclic) bond motifs is 2. The molecule has 3 aliphatic rings. The second-order valence-corrected chi connectivity index (χ2v) is 11.6. The third kappa shape index (κ3) is 5.20. The molecule has 10 heteroatoms. The zero-order valence-electron chi connectivity index (χ0n) is 21.0. The van der Waals surface area contributed by atoms with E-state index in [1.807, 2.05) is 13.0 Å². The first-order valence-electron chi connectivity index (χ1n) is 12.7. The second-order valence-electron chi connectivity index (χ2n) is 9.72. The third-order valence-corrected chi connectivity index (χ3v) is 9.15. The average molecular weight is 527 g/mol. The Balaban J connectivity index is 1.28. The van der Waals surface area contributed by atoms with E-state index < -0.39 is 0 Å². The molecule has 3 fully saturated rings. The fraction of sp³-hybridized carbons (Fsp3) is 0.481. The molecule has 4 heterocycles. The van der Waals surface area contributed by atoms with Gasteiger partial charge in [-0.2, -0.15) is 0 Å². The van der Waals surface area contributed by atoms with Gasteiger partial charge in [0.2, 0.25) is 0 Å². The molecule has 0 radical (unpaired) electrons. The van der Waals surface area contributed by atoms with Gasteiger partial charge in [-0.3, -0.25) is 0 Å². The number of hydrogen-bond acceptors (Lipinski definition) is 8. The number of benzene rings is 2. The first-order valence-corrected chi connectivity index (χ1v) is 14.4. The molecule has 3 aliphatic heterocycles. The van der Waals surface area contributed by atoms with E-state index >= 15 is 0 Å². The van der Waals surface area contributed by atoms with E-state index in [0.29, 0.717) is 35.7 Å². The van der Waals surface area contributed by atoms with Crippen molar-refractivity contribution in [3.63, 3.8) is 0 Å². The molecular formula is C27H31FN4O4S. The Morgan fingerprint density at radius 2 is 1.95 bits per heavy atom. The molecule has 3 aromatic rings. The van der Waals surface area contributed by atoms with Crippen LogP contribution in [-0.2, 0) is 24.9 Å². The van der Waals surface area contributed by atoms with E-state index in [-0.39, 0.29) is 34.8 Å². The summed E-state index contributed by atoms with van der Waals surface area (Å²) < 4.78 is 42.6. The van der Waals surface area contributed by atoms with Crippen LogP contribution in [0.3, 0.4) is 0 Å². The summed E-state index contributed by atoms with van der Waals surface area (Å²) in [6, 6.07) is 8.54. The second kappa shape index (κ2) is 10.6. The monoisotopic (exact) mass is 526 g/mol. The van der Waals surface area contributed by atoms with Crippen molar-refractivity contribution in [2.24, 2.45) is 4.36 Å². The lowest BCUT2D eigenvalue weighted by molar-refractivity contribution is 0.0310. The molecule has 0 spiro atoms. The lowest BCUT2D eigenvalue weighted by Gasteiger charge is -2.22. The molecule has 2 aromatic carbocycles. The summed E-state index contributed by atoms with van der Waals surface area (Å²) in [4.78, 5) is 9.04. The van der Waals surface area contributed by atoms with Crippen molar-refractivity contribution >= 4 is 38.8 Å². The molecule has 0 aliphatic carbocycles. The molecule has 37 heavy (non-hydrogen) atoms. The fourth-order valence-corrected chi connectivity index (χ4v) is 6.76. The molecule has 8 nitrogen and oxygen atoms in total. The minimum Gasteiger partial charge on any atom is -0.483 e. The van der Waals surface area contributed by atoms with Gasteiger partial charge in [0, 0.05) is 36.5 Å². The maximum absolute atomic E-state index is 14.2. The number of hydrogen-bond donors (Lipinski definition) is 1. The van der Waals surface area contributed by atoms with Crippen LogP contribution < -0.4 is 10.1 Å². The van der Waals surface area contributed by atoms with Gasteiger partial charge in [0.05, 0.1) is 29.6 Å². The van der Waals surface area contributed by atoms with E-state index in [1.54, 1.807) is 6.07 Å². The maximum Gasteiger partial charge on any atom is 0.151 e. The summed E-state index contributed by atoms with van der Waals surface area (Å²) in [5, 5.41) is 4.81. The molecule has 0 amide bonds. The SMILES string of the molecule is Cc1cc(N=S(C)C2CCOCC2)cc2ncnc(Nc3ccc(F)cc3O[C@@H]3COC4CCOC43)c12. The van der Waals surface area contributed by atoms with Gasteiger partial charge in [0.25, 0.3) is 0 Å². The van der Waals surface area contributed by atoms with Crippen LogP contribution in [-0.4, -0.2) is 66.2 Å². The molecule has 6 rings (SSSR count). The summed E-state index contributed by atoms with van der Waals surface area (Å²) in [7, 11) is -0.0921. The number of ether oxygens (including phenoxy) is 4. The zero-order valence-corrected chi connectivity index (χ0v) is 21.8. The Labute approximate surface area is 218 Å². The predicted octanol–water partition coefficient (Wildman–Crippen LogP) is 5.00. The average Bonchev–Trinajstić information content (AvgIpc) is 3.51. The van der Waals surface area contributed by atoms with Gasteiger partial charge >= 0.3 is 0 Å². The maximum atomic E-state index is 14.2. The lowest BCUT2D eigenvalue weighted by Crippen LogP contribution is -2.32. The van der Waals surface area contributed by atoms with Crippen molar-refractivity contribution in [3.8, 4) is 5.75 Å². The van der Waals surface area contributed by atoms with Crippen molar-refractivity contribution < 1.29 is 23.3 Å². The number of halogens is 1. The molecule has 1 aromatic heterocycles. The Morgan fingerprint density at radius 1 is 1.08 bits per heavy atom. The molecule has 196 valence electrons. The van der Waals surface area contributed by atoms with Crippen LogP contribution in [0.4, 0.5) is 21.6 Å². The number of aryl methyl sites for hydroxylation is 1. The fourth-order valence-electron chi connectivity index (χ4n) is 5.30. The lowest BCUT2D eigenvalue weighted by atomic mass is 10.1. The number of rotatable bonds is 6. The number of aromatic nitrogens is 2. The van der Waals surface area contributed by atoms with Crippen molar-refractivity contribution in [2.45, 2.75) is 49.7 Å². The quantitative estimate of drug-likeness (QED) is 0.484. The van der Waals surface area contributed by atoms with Crippen molar-refractivity contribution in [1.82, 2.24) is 9.97 Å². The van der Waals surface area contributed by atoms with Crippen LogP contribution >= 0.6 is 0 Å². The number of nitrogens with zero attached hydrogens (tertiary/aromatic N) is 3. The van der Waals surface area contributed by atoms with E-state index in [4.69, 9.17) is 23.3 Å². The van der Waals surface area contributed by atoms with Crippen molar-refractivity contribution in [2.75, 3.05) is 38.0 Å².